The molecule has 3 rings (SSSR count). The third-order valence-corrected chi connectivity index (χ3v) is 5.31. The van der Waals surface area contributed by atoms with Gasteiger partial charge in [0.15, 0.2) is 0 Å². The van der Waals surface area contributed by atoms with Gasteiger partial charge in [0.05, 0.1) is 24.6 Å². The number of amides is 2. The molecule has 2 aromatic carbocycles. The summed E-state index contributed by atoms with van der Waals surface area (Å²) in [6.07, 6.45) is 2.94. The number of rotatable bonds is 8. The highest BCUT2D eigenvalue weighted by atomic mass is 16.5. The molecule has 0 radical (unpaired) electrons. The molecule has 6 nitrogen and oxygen atoms in total. The molecule has 2 N–H and O–H groups in total. The van der Waals surface area contributed by atoms with E-state index in [2.05, 4.69) is 10.6 Å². The second-order valence-corrected chi connectivity index (χ2v) is 7.40. The lowest BCUT2D eigenvalue weighted by atomic mass is 9.80. The van der Waals surface area contributed by atoms with Gasteiger partial charge in [-0.25, -0.2) is 0 Å². The van der Waals surface area contributed by atoms with Crippen molar-refractivity contribution in [1.29, 1.82) is 0 Å². The van der Waals surface area contributed by atoms with Gasteiger partial charge in [0.1, 0.15) is 11.5 Å². The maximum atomic E-state index is 12.9. The van der Waals surface area contributed by atoms with Gasteiger partial charge in [-0.05, 0) is 57.4 Å². The zero-order chi connectivity index (χ0) is 21.3. The minimum Gasteiger partial charge on any atom is -0.492 e. The number of para-hydroxylation sites is 4. The number of benzene rings is 2. The van der Waals surface area contributed by atoms with Crippen LogP contribution in [0, 0.1) is 11.8 Å². The fraction of sp³-hybridized carbons (Fsp3) is 0.417. The van der Waals surface area contributed by atoms with E-state index in [4.69, 9.17) is 9.47 Å². The van der Waals surface area contributed by atoms with Crippen molar-refractivity contribution < 1.29 is 19.1 Å². The molecular formula is C24H30N2O4. The average molecular weight is 411 g/mol. The average Bonchev–Trinajstić information content (AvgIpc) is 2.77. The van der Waals surface area contributed by atoms with Gasteiger partial charge in [-0.2, -0.15) is 0 Å². The molecule has 2 unspecified atom stereocenters. The van der Waals surface area contributed by atoms with E-state index in [0.717, 1.165) is 19.3 Å². The summed E-state index contributed by atoms with van der Waals surface area (Å²) >= 11 is 0. The topological polar surface area (TPSA) is 76.7 Å². The van der Waals surface area contributed by atoms with E-state index in [1.54, 1.807) is 0 Å². The Bertz CT molecular complexity index is 798. The fourth-order valence-corrected chi connectivity index (χ4v) is 3.84. The van der Waals surface area contributed by atoms with Crippen molar-refractivity contribution >= 4 is 23.2 Å². The number of hydrogen-bond donors (Lipinski definition) is 2. The van der Waals surface area contributed by atoms with Crippen molar-refractivity contribution in [1.82, 2.24) is 0 Å². The van der Waals surface area contributed by atoms with E-state index in [9.17, 15) is 9.59 Å². The number of hydrogen-bond acceptors (Lipinski definition) is 4. The number of carbonyl (C=O) groups excluding carboxylic acids is 2. The van der Waals surface area contributed by atoms with Crippen LogP contribution in [0.3, 0.4) is 0 Å². The zero-order valence-electron chi connectivity index (χ0n) is 17.6. The molecule has 6 heteroatoms. The van der Waals surface area contributed by atoms with Crippen LogP contribution in [0.2, 0.25) is 0 Å². The number of nitrogens with one attached hydrogen (secondary N) is 2. The second kappa shape index (κ2) is 10.7. The summed E-state index contributed by atoms with van der Waals surface area (Å²) < 4.78 is 11.2. The first-order valence-electron chi connectivity index (χ1n) is 10.7. The summed E-state index contributed by atoms with van der Waals surface area (Å²) in [5, 5.41) is 5.97. The largest absolute Gasteiger partial charge is 0.492 e. The Morgan fingerprint density at radius 1 is 0.800 bits per heavy atom. The molecule has 0 spiro atoms. The highest BCUT2D eigenvalue weighted by Crippen LogP contribution is 2.33. The summed E-state index contributed by atoms with van der Waals surface area (Å²) in [4.78, 5) is 25.7. The van der Waals surface area contributed by atoms with Crippen LogP contribution in [0.5, 0.6) is 11.5 Å². The van der Waals surface area contributed by atoms with Crippen molar-refractivity contribution in [3.63, 3.8) is 0 Å². The van der Waals surface area contributed by atoms with Crippen LogP contribution in [0.15, 0.2) is 48.5 Å². The van der Waals surface area contributed by atoms with Crippen molar-refractivity contribution in [2.75, 3.05) is 23.8 Å². The normalized spacial score (nSPS) is 18.3. The van der Waals surface area contributed by atoms with Gasteiger partial charge in [-0.15, -0.1) is 0 Å². The van der Waals surface area contributed by atoms with E-state index in [0.29, 0.717) is 42.5 Å². The van der Waals surface area contributed by atoms with Crippen LogP contribution in [0.4, 0.5) is 11.4 Å². The molecule has 30 heavy (non-hydrogen) atoms. The Hall–Kier alpha value is -3.02. The number of carbonyl (C=O) groups is 2. The molecule has 0 aliphatic heterocycles. The SMILES string of the molecule is CCOc1ccccc1NC(=O)C1CCCC(C(=O)Nc2ccccc2OCC)C1. The first kappa shape index (κ1) is 21.7. The molecule has 1 saturated carbocycles. The molecule has 2 atom stereocenters. The van der Waals surface area contributed by atoms with Crippen LogP contribution in [0.25, 0.3) is 0 Å². The maximum Gasteiger partial charge on any atom is 0.227 e. The third-order valence-electron chi connectivity index (χ3n) is 5.31. The van der Waals surface area contributed by atoms with Gasteiger partial charge in [-0.1, -0.05) is 30.7 Å². The van der Waals surface area contributed by atoms with Crippen LogP contribution in [-0.4, -0.2) is 25.0 Å². The van der Waals surface area contributed by atoms with E-state index in [-0.39, 0.29) is 23.7 Å². The van der Waals surface area contributed by atoms with Crippen molar-refractivity contribution in [2.45, 2.75) is 39.5 Å². The van der Waals surface area contributed by atoms with E-state index in [1.807, 2.05) is 62.4 Å². The maximum absolute atomic E-state index is 12.9. The van der Waals surface area contributed by atoms with E-state index in [1.165, 1.54) is 0 Å². The summed E-state index contributed by atoms with van der Waals surface area (Å²) in [6, 6.07) is 14.8. The summed E-state index contributed by atoms with van der Waals surface area (Å²) in [7, 11) is 0. The Morgan fingerprint density at radius 2 is 1.23 bits per heavy atom. The Kier molecular flexibility index (Phi) is 7.71. The van der Waals surface area contributed by atoms with Gasteiger partial charge in [0, 0.05) is 11.8 Å². The molecule has 160 valence electrons. The van der Waals surface area contributed by atoms with Gasteiger partial charge in [-0.3, -0.25) is 9.59 Å². The van der Waals surface area contributed by atoms with E-state index < -0.39 is 0 Å². The highest BCUT2D eigenvalue weighted by Gasteiger charge is 2.31. The van der Waals surface area contributed by atoms with Crippen LogP contribution < -0.4 is 20.1 Å². The third kappa shape index (κ3) is 5.53. The van der Waals surface area contributed by atoms with Gasteiger partial charge >= 0.3 is 0 Å². The minimum atomic E-state index is -0.202. The molecule has 0 saturated heterocycles. The Morgan fingerprint density at radius 3 is 1.67 bits per heavy atom. The first-order chi connectivity index (χ1) is 14.6. The predicted molar refractivity (Wildman–Crippen MR) is 118 cm³/mol. The van der Waals surface area contributed by atoms with Gasteiger partial charge in [0.2, 0.25) is 11.8 Å². The first-order valence-corrected chi connectivity index (χ1v) is 10.7. The summed E-state index contributed by atoms with van der Waals surface area (Å²) in [5.41, 5.74) is 1.34. The predicted octanol–water partition coefficient (Wildman–Crippen LogP) is 4.87. The van der Waals surface area contributed by atoms with Gasteiger partial charge < -0.3 is 20.1 Å². The van der Waals surface area contributed by atoms with Crippen LogP contribution >= 0.6 is 0 Å². The number of anilines is 2. The molecule has 0 bridgehead atoms. The molecule has 1 aliphatic rings. The second-order valence-electron chi connectivity index (χ2n) is 7.40. The zero-order valence-corrected chi connectivity index (χ0v) is 17.6. The lowest BCUT2D eigenvalue weighted by Gasteiger charge is -2.28. The fourth-order valence-electron chi connectivity index (χ4n) is 3.84. The highest BCUT2D eigenvalue weighted by molar-refractivity contribution is 5.96. The molecule has 1 fully saturated rings. The molecule has 2 aromatic rings. The van der Waals surface area contributed by atoms with Crippen molar-refractivity contribution in [2.24, 2.45) is 11.8 Å². The van der Waals surface area contributed by atoms with Crippen LogP contribution in [-0.2, 0) is 9.59 Å². The lowest BCUT2D eigenvalue weighted by molar-refractivity contribution is -0.124. The monoisotopic (exact) mass is 410 g/mol. The minimum absolute atomic E-state index is 0.0608. The Labute approximate surface area is 178 Å². The molecule has 0 heterocycles. The van der Waals surface area contributed by atoms with Gasteiger partial charge in [0.25, 0.3) is 0 Å². The number of ether oxygens (including phenoxy) is 2. The quantitative estimate of drug-likeness (QED) is 0.651. The Balaban J connectivity index is 1.62. The smallest absolute Gasteiger partial charge is 0.227 e. The summed E-state index contributed by atoms with van der Waals surface area (Å²) in [6.45, 7) is 4.88. The molecule has 1 aliphatic carbocycles. The van der Waals surface area contributed by atoms with Crippen LogP contribution in [0.1, 0.15) is 39.5 Å². The van der Waals surface area contributed by atoms with Crippen molar-refractivity contribution in [3.8, 4) is 11.5 Å². The van der Waals surface area contributed by atoms with Crippen molar-refractivity contribution in [3.05, 3.63) is 48.5 Å². The summed E-state index contributed by atoms with van der Waals surface area (Å²) in [5.74, 6) is 0.790. The molecular weight excluding hydrogens is 380 g/mol. The molecule has 0 aromatic heterocycles. The van der Waals surface area contributed by atoms with E-state index >= 15 is 0 Å². The standard InChI is InChI=1S/C24H30N2O4/c1-3-29-21-14-7-5-12-19(21)25-23(27)17-10-9-11-18(16-17)24(28)26-20-13-6-8-15-22(20)30-4-2/h5-8,12-15,17-18H,3-4,9-11,16H2,1-2H3,(H,25,27)(H,26,28). The lowest BCUT2D eigenvalue weighted by Crippen LogP contribution is -2.33. The molecule has 2 amide bonds.